The maximum Gasteiger partial charge on any atom is 0.317 e. The first-order valence-corrected chi connectivity index (χ1v) is 8.34. The van der Waals surface area contributed by atoms with Crippen LogP contribution in [0, 0.1) is 5.82 Å². The van der Waals surface area contributed by atoms with Crippen LogP contribution in [0.4, 0.5) is 9.18 Å². The molecule has 5 nitrogen and oxygen atoms in total. The first-order chi connectivity index (χ1) is 11.2. The Morgan fingerprint density at radius 1 is 1.04 bits per heavy atom. The number of amides is 3. The maximum absolute atomic E-state index is 12.9. The van der Waals surface area contributed by atoms with Gasteiger partial charge < -0.3 is 15.1 Å². The second kappa shape index (κ2) is 7.64. The third-order valence-corrected chi connectivity index (χ3v) is 3.89. The lowest BCUT2D eigenvalue weighted by molar-refractivity contribution is -0.130. The zero-order valence-electron chi connectivity index (χ0n) is 14.6. The van der Waals surface area contributed by atoms with Crippen molar-refractivity contribution in [1.29, 1.82) is 0 Å². The predicted molar refractivity (Wildman–Crippen MR) is 91.2 cm³/mol. The first-order valence-electron chi connectivity index (χ1n) is 8.34. The molecule has 1 N–H and O–H groups in total. The quantitative estimate of drug-likeness (QED) is 0.902. The van der Waals surface area contributed by atoms with Crippen molar-refractivity contribution in [1.82, 2.24) is 15.1 Å². The van der Waals surface area contributed by atoms with E-state index >= 15 is 0 Å². The molecule has 1 aromatic carbocycles. The third kappa shape index (κ3) is 5.51. The van der Waals surface area contributed by atoms with Gasteiger partial charge >= 0.3 is 6.03 Å². The topological polar surface area (TPSA) is 52.7 Å². The van der Waals surface area contributed by atoms with Crippen LogP contribution in [0.25, 0.3) is 0 Å². The minimum absolute atomic E-state index is 0.0136. The summed E-state index contributed by atoms with van der Waals surface area (Å²) in [6.07, 6.45) is 1.02. The van der Waals surface area contributed by atoms with Gasteiger partial charge in [0, 0.05) is 31.7 Å². The summed E-state index contributed by atoms with van der Waals surface area (Å²) in [4.78, 5) is 28.2. The number of carbonyl (C=O) groups is 2. The largest absolute Gasteiger partial charge is 0.341 e. The Morgan fingerprint density at radius 3 is 2.25 bits per heavy atom. The van der Waals surface area contributed by atoms with Crippen LogP contribution < -0.4 is 5.32 Å². The fourth-order valence-electron chi connectivity index (χ4n) is 2.66. The molecule has 0 aliphatic carbocycles. The van der Waals surface area contributed by atoms with Gasteiger partial charge in [-0.3, -0.25) is 4.79 Å². The number of benzene rings is 1. The summed E-state index contributed by atoms with van der Waals surface area (Å²) in [6, 6.07) is 5.91. The molecule has 1 heterocycles. The van der Waals surface area contributed by atoms with E-state index in [2.05, 4.69) is 5.32 Å². The van der Waals surface area contributed by atoms with E-state index in [9.17, 15) is 14.0 Å². The van der Waals surface area contributed by atoms with Gasteiger partial charge in [-0.2, -0.15) is 0 Å². The van der Waals surface area contributed by atoms with E-state index in [1.165, 1.54) is 12.1 Å². The van der Waals surface area contributed by atoms with Gasteiger partial charge in [-0.1, -0.05) is 12.1 Å². The molecule has 2 rings (SSSR count). The minimum Gasteiger partial charge on any atom is -0.341 e. The Hall–Kier alpha value is -2.11. The molecule has 0 bridgehead atoms. The lowest BCUT2D eigenvalue weighted by atomic mass is 10.1. The highest BCUT2D eigenvalue weighted by Crippen LogP contribution is 2.10. The first kappa shape index (κ1) is 18.2. The van der Waals surface area contributed by atoms with Crippen molar-refractivity contribution in [3.8, 4) is 0 Å². The third-order valence-electron chi connectivity index (χ3n) is 3.89. The van der Waals surface area contributed by atoms with Crippen molar-refractivity contribution in [2.75, 3.05) is 26.2 Å². The lowest BCUT2D eigenvalue weighted by Gasteiger charge is -2.27. The van der Waals surface area contributed by atoms with Gasteiger partial charge in [-0.15, -0.1) is 0 Å². The molecular formula is C18H26FN3O2. The van der Waals surface area contributed by atoms with Crippen molar-refractivity contribution in [3.05, 3.63) is 35.6 Å². The summed E-state index contributed by atoms with van der Waals surface area (Å²) in [5.74, 6) is -0.291. The van der Waals surface area contributed by atoms with Crippen LogP contribution in [0.3, 0.4) is 0 Å². The van der Waals surface area contributed by atoms with Gasteiger partial charge in [-0.05, 0) is 44.9 Å². The molecular weight excluding hydrogens is 309 g/mol. The van der Waals surface area contributed by atoms with Crippen LogP contribution >= 0.6 is 0 Å². The monoisotopic (exact) mass is 335 g/mol. The van der Waals surface area contributed by atoms with Crippen molar-refractivity contribution in [3.63, 3.8) is 0 Å². The molecule has 24 heavy (non-hydrogen) atoms. The molecule has 0 aromatic heterocycles. The van der Waals surface area contributed by atoms with Crippen LogP contribution in [0.1, 0.15) is 32.8 Å². The van der Waals surface area contributed by atoms with E-state index in [1.807, 2.05) is 20.8 Å². The lowest BCUT2D eigenvalue weighted by Crippen LogP contribution is -2.49. The molecule has 0 unspecified atom stereocenters. The van der Waals surface area contributed by atoms with E-state index in [-0.39, 0.29) is 29.7 Å². The zero-order valence-corrected chi connectivity index (χ0v) is 14.6. The number of hydrogen-bond donors (Lipinski definition) is 1. The highest BCUT2D eigenvalue weighted by molar-refractivity contribution is 5.79. The fourth-order valence-corrected chi connectivity index (χ4v) is 2.66. The SMILES string of the molecule is CC(C)(C)NC(=O)N1CCCN(C(=O)Cc2ccc(F)cc2)CC1. The molecule has 1 aliphatic rings. The molecule has 132 valence electrons. The number of hydrogen-bond acceptors (Lipinski definition) is 2. The molecule has 0 radical (unpaired) electrons. The highest BCUT2D eigenvalue weighted by Gasteiger charge is 2.24. The Bertz CT molecular complexity index is 581. The molecule has 1 fully saturated rings. The number of carbonyl (C=O) groups excluding carboxylic acids is 2. The fraction of sp³-hybridized carbons (Fsp3) is 0.556. The van der Waals surface area contributed by atoms with E-state index in [0.29, 0.717) is 26.2 Å². The van der Waals surface area contributed by atoms with Crippen molar-refractivity contribution < 1.29 is 14.0 Å². The maximum atomic E-state index is 12.9. The summed E-state index contributed by atoms with van der Waals surface area (Å²) in [5, 5.41) is 2.95. The molecule has 0 spiro atoms. The minimum atomic E-state index is -0.304. The Morgan fingerprint density at radius 2 is 1.62 bits per heavy atom. The molecule has 1 saturated heterocycles. The van der Waals surface area contributed by atoms with Gasteiger partial charge in [0.25, 0.3) is 0 Å². The number of nitrogens with zero attached hydrogens (tertiary/aromatic N) is 2. The second-order valence-corrected chi connectivity index (χ2v) is 7.20. The van der Waals surface area contributed by atoms with Crippen molar-refractivity contribution >= 4 is 11.9 Å². The van der Waals surface area contributed by atoms with Gasteiger partial charge in [0.1, 0.15) is 5.82 Å². The van der Waals surface area contributed by atoms with Crippen LogP contribution in [-0.2, 0) is 11.2 Å². The standard InChI is InChI=1S/C18H26FN3O2/c1-18(2,3)20-17(24)22-10-4-9-21(11-12-22)16(23)13-14-5-7-15(19)8-6-14/h5-8H,4,9-13H2,1-3H3,(H,20,24). The van der Waals surface area contributed by atoms with Crippen LogP contribution in [-0.4, -0.2) is 53.5 Å². The van der Waals surface area contributed by atoms with Crippen LogP contribution in [0.5, 0.6) is 0 Å². The Labute approximate surface area is 142 Å². The van der Waals surface area contributed by atoms with Gasteiger partial charge in [0.2, 0.25) is 5.91 Å². The summed E-state index contributed by atoms with van der Waals surface area (Å²) in [7, 11) is 0. The molecule has 6 heteroatoms. The number of rotatable bonds is 2. The highest BCUT2D eigenvalue weighted by atomic mass is 19.1. The Balaban J connectivity index is 1.89. The van der Waals surface area contributed by atoms with Gasteiger partial charge in [0.05, 0.1) is 6.42 Å². The second-order valence-electron chi connectivity index (χ2n) is 7.20. The van der Waals surface area contributed by atoms with Crippen molar-refractivity contribution in [2.45, 2.75) is 39.2 Å². The smallest absolute Gasteiger partial charge is 0.317 e. The average Bonchev–Trinajstić information content (AvgIpc) is 2.74. The number of halogens is 1. The summed E-state index contributed by atoms with van der Waals surface area (Å²) >= 11 is 0. The van der Waals surface area contributed by atoms with E-state index in [1.54, 1.807) is 21.9 Å². The Kier molecular flexibility index (Phi) is 5.80. The van der Waals surface area contributed by atoms with Crippen molar-refractivity contribution in [2.24, 2.45) is 0 Å². The van der Waals surface area contributed by atoms with Crippen LogP contribution in [0.2, 0.25) is 0 Å². The molecule has 1 aliphatic heterocycles. The van der Waals surface area contributed by atoms with E-state index in [0.717, 1.165) is 12.0 Å². The van der Waals surface area contributed by atoms with Gasteiger partial charge in [0.15, 0.2) is 0 Å². The molecule has 0 saturated carbocycles. The average molecular weight is 335 g/mol. The number of nitrogens with one attached hydrogen (secondary N) is 1. The normalized spacial score (nSPS) is 15.8. The van der Waals surface area contributed by atoms with E-state index < -0.39 is 0 Å². The molecule has 0 atom stereocenters. The van der Waals surface area contributed by atoms with Gasteiger partial charge in [-0.25, -0.2) is 9.18 Å². The summed E-state index contributed by atoms with van der Waals surface area (Å²) in [6.45, 7) is 8.17. The molecule has 1 aromatic rings. The summed E-state index contributed by atoms with van der Waals surface area (Å²) < 4.78 is 12.9. The summed E-state index contributed by atoms with van der Waals surface area (Å²) in [5.41, 5.74) is 0.523. The molecule has 3 amide bonds. The van der Waals surface area contributed by atoms with Crippen LogP contribution in [0.15, 0.2) is 24.3 Å². The predicted octanol–water partition coefficient (Wildman–Crippen LogP) is 2.41. The van der Waals surface area contributed by atoms with E-state index in [4.69, 9.17) is 0 Å². The number of urea groups is 1. The zero-order chi connectivity index (χ0) is 17.7.